The number of aromatic nitrogens is 2. The normalized spacial score (nSPS) is 15.4. The minimum Gasteiger partial charge on any atom is -0.340 e. The standard InChI is InChI=1S/C19H24N4O4S/c1-4-11-20-28(25,26)15-9-7-14(8-10-15)18(24)21-16(12(2)3)19-22-17(23-27-19)13-5-6-13/h4,7-10,12-13,16,20H,1,5-6,11H2,2-3H3,(H,21,24). The van der Waals surface area contributed by atoms with E-state index in [4.69, 9.17) is 4.52 Å². The zero-order chi connectivity index (χ0) is 20.3. The molecule has 0 aliphatic heterocycles. The molecule has 1 unspecified atom stereocenters. The number of hydrogen-bond acceptors (Lipinski definition) is 6. The Bertz CT molecular complexity index is 947. The van der Waals surface area contributed by atoms with Gasteiger partial charge in [0.05, 0.1) is 4.90 Å². The fraction of sp³-hybridized carbons (Fsp3) is 0.421. The van der Waals surface area contributed by atoms with E-state index in [2.05, 4.69) is 26.8 Å². The van der Waals surface area contributed by atoms with Crippen LogP contribution in [-0.2, 0) is 10.0 Å². The molecular formula is C19H24N4O4S. The molecule has 0 saturated heterocycles. The lowest BCUT2D eigenvalue weighted by Gasteiger charge is -2.18. The average Bonchev–Trinajstić information content (AvgIpc) is 3.41. The second-order valence-corrected chi connectivity index (χ2v) is 8.89. The summed E-state index contributed by atoms with van der Waals surface area (Å²) in [6.07, 6.45) is 3.58. The molecule has 1 aliphatic carbocycles. The van der Waals surface area contributed by atoms with Gasteiger partial charge in [0.2, 0.25) is 15.9 Å². The van der Waals surface area contributed by atoms with Crippen LogP contribution in [0.25, 0.3) is 0 Å². The van der Waals surface area contributed by atoms with Crippen molar-refractivity contribution in [3.63, 3.8) is 0 Å². The van der Waals surface area contributed by atoms with Crippen LogP contribution in [0, 0.1) is 5.92 Å². The molecule has 1 aliphatic rings. The number of carbonyl (C=O) groups is 1. The topological polar surface area (TPSA) is 114 Å². The summed E-state index contributed by atoms with van der Waals surface area (Å²) >= 11 is 0. The van der Waals surface area contributed by atoms with Gasteiger partial charge >= 0.3 is 0 Å². The van der Waals surface area contributed by atoms with E-state index in [1.165, 1.54) is 30.3 Å². The summed E-state index contributed by atoms with van der Waals surface area (Å²) in [7, 11) is -3.63. The highest BCUT2D eigenvalue weighted by Crippen LogP contribution is 2.38. The van der Waals surface area contributed by atoms with Crippen molar-refractivity contribution >= 4 is 15.9 Å². The Kier molecular flexibility index (Phi) is 5.95. The summed E-state index contributed by atoms with van der Waals surface area (Å²) in [4.78, 5) is 17.1. The molecule has 150 valence electrons. The van der Waals surface area contributed by atoms with E-state index >= 15 is 0 Å². The first-order chi connectivity index (χ1) is 13.3. The molecule has 1 heterocycles. The van der Waals surface area contributed by atoms with Crippen molar-refractivity contribution in [2.24, 2.45) is 5.92 Å². The Balaban J connectivity index is 1.72. The molecule has 0 bridgehead atoms. The minimum absolute atomic E-state index is 0.0409. The van der Waals surface area contributed by atoms with E-state index in [1.54, 1.807) is 0 Å². The SMILES string of the molecule is C=CCNS(=O)(=O)c1ccc(C(=O)NC(c2nc(C3CC3)no2)C(C)C)cc1. The quantitative estimate of drug-likeness (QED) is 0.621. The number of carbonyl (C=O) groups excluding carboxylic acids is 1. The van der Waals surface area contributed by atoms with Crippen molar-refractivity contribution in [3.8, 4) is 0 Å². The molecule has 1 fully saturated rings. The van der Waals surface area contributed by atoms with Gasteiger partial charge in [0, 0.05) is 18.0 Å². The van der Waals surface area contributed by atoms with Gasteiger partial charge in [-0.2, -0.15) is 4.98 Å². The number of hydrogen-bond donors (Lipinski definition) is 2. The minimum atomic E-state index is -3.63. The summed E-state index contributed by atoms with van der Waals surface area (Å²) in [5, 5.41) is 6.91. The van der Waals surface area contributed by atoms with Crippen molar-refractivity contribution in [3.05, 3.63) is 54.2 Å². The molecule has 2 aromatic rings. The van der Waals surface area contributed by atoms with Crippen molar-refractivity contribution in [2.75, 3.05) is 6.54 Å². The molecule has 0 spiro atoms. The molecule has 3 rings (SSSR count). The van der Waals surface area contributed by atoms with Crippen LogP contribution in [0.5, 0.6) is 0 Å². The van der Waals surface area contributed by atoms with E-state index in [-0.39, 0.29) is 23.3 Å². The second-order valence-electron chi connectivity index (χ2n) is 7.13. The molecule has 2 N–H and O–H groups in total. The van der Waals surface area contributed by atoms with Crippen LogP contribution in [0.1, 0.15) is 60.7 Å². The maximum absolute atomic E-state index is 12.6. The van der Waals surface area contributed by atoms with Crippen molar-refractivity contribution in [2.45, 2.75) is 43.5 Å². The van der Waals surface area contributed by atoms with Gasteiger partial charge in [-0.05, 0) is 43.0 Å². The molecule has 1 aromatic carbocycles. The lowest BCUT2D eigenvalue weighted by Crippen LogP contribution is -2.32. The molecule has 28 heavy (non-hydrogen) atoms. The van der Waals surface area contributed by atoms with Gasteiger partial charge in [0.25, 0.3) is 5.91 Å². The van der Waals surface area contributed by atoms with Crippen LogP contribution in [0.3, 0.4) is 0 Å². The second kappa shape index (κ2) is 8.24. The third-order valence-electron chi connectivity index (χ3n) is 4.46. The summed E-state index contributed by atoms with van der Waals surface area (Å²) in [5.74, 6) is 1.15. The van der Waals surface area contributed by atoms with Gasteiger partial charge in [0.1, 0.15) is 6.04 Å². The van der Waals surface area contributed by atoms with E-state index in [0.29, 0.717) is 23.2 Å². The van der Waals surface area contributed by atoms with Gasteiger partial charge in [-0.25, -0.2) is 13.1 Å². The Morgan fingerprint density at radius 2 is 2.00 bits per heavy atom. The summed E-state index contributed by atoms with van der Waals surface area (Å²) in [5.41, 5.74) is 0.343. The molecule has 9 heteroatoms. The Morgan fingerprint density at radius 1 is 1.32 bits per heavy atom. The number of amides is 1. The smallest absolute Gasteiger partial charge is 0.251 e. The molecule has 1 amide bonds. The Morgan fingerprint density at radius 3 is 2.57 bits per heavy atom. The number of rotatable bonds is 9. The lowest BCUT2D eigenvalue weighted by molar-refractivity contribution is 0.0914. The van der Waals surface area contributed by atoms with Crippen molar-refractivity contribution in [1.82, 2.24) is 20.2 Å². The van der Waals surface area contributed by atoms with Gasteiger partial charge in [-0.3, -0.25) is 4.79 Å². The first-order valence-corrected chi connectivity index (χ1v) is 10.6. The van der Waals surface area contributed by atoms with Gasteiger partial charge in [0.15, 0.2) is 5.82 Å². The molecular weight excluding hydrogens is 380 g/mol. The van der Waals surface area contributed by atoms with Crippen LogP contribution in [-0.4, -0.2) is 31.0 Å². The van der Waals surface area contributed by atoms with E-state index < -0.39 is 16.1 Å². The number of sulfonamides is 1. The van der Waals surface area contributed by atoms with Crippen LogP contribution in [0.2, 0.25) is 0 Å². The predicted octanol–water partition coefficient (Wildman–Crippen LogP) is 2.54. The third-order valence-corrected chi connectivity index (χ3v) is 5.90. The zero-order valence-electron chi connectivity index (χ0n) is 15.9. The fourth-order valence-electron chi connectivity index (χ4n) is 2.66. The number of nitrogens with zero attached hydrogens (tertiary/aromatic N) is 2. The maximum Gasteiger partial charge on any atom is 0.251 e. The monoisotopic (exact) mass is 404 g/mol. The predicted molar refractivity (Wildman–Crippen MR) is 103 cm³/mol. The Labute approximate surface area is 164 Å². The lowest BCUT2D eigenvalue weighted by atomic mass is 10.0. The summed E-state index contributed by atoms with van der Waals surface area (Å²) in [6.45, 7) is 7.51. The van der Waals surface area contributed by atoms with Crippen LogP contribution < -0.4 is 10.0 Å². The van der Waals surface area contributed by atoms with Crippen molar-refractivity contribution in [1.29, 1.82) is 0 Å². The van der Waals surface area contributed by atoms with E-state index in [0.717, 1.165) is 12.8 Å². The van der Waals surface area contributed by atoms with Crippen LogP contribution in [0.4, 0.5) is 0 Å². The third kappa shape index (κ3) is 4.66. The van der Waals surface area contributed by atoms with Gasteiger partial charge in [-0.1, -0.05) is 25.1 Å². The van der Waals surface area contributed by atoms with Gasteiger partial charge < -0.3 is 9.84 Å². The zero-order valence-corrected chi connectivity index (χ0v) is 16.7. The largest absolute Gasteiger partial charge is 0.340 e. The molecule has 1 aromatic heterocycles. The highest BCUT2D eigenvalue weighted by Gasteiger charge is 2.31. The first-order valence-electron chi connectivity index (χ1n) is 9.17. The number of benzene rings is 1. The van der Waals surface area contributed by atoms with Crippen LogP contribution >= 0.6 is 0 Å². The highest BCUT2D eigenvalue weighted by molar-refractivity contribution is 7.89. The van der Waals surface area contributed by atoms with Crippen molar-refractivity contribution < 1.29 is 17.7 Å². The Hall–Kier alpha value is -2.52. The summed E-state index contributed by atoms with van der Waals surface area (Å²) in [6, 6.07) is 5.30. The fourth-order valence-corrected chi connectivity index (χ4v) is 3.65. The molecule has 1 saturated carbocycles. The summed E-state index contributed by atoms with van der Waals surface area (Å²) < 4.78 is 31.9. The molecule has 1 atom stereocenters. The highest BCUT2D eigenvalue weighted by atomic mass is 32.2. The average molecular weight is 404 g/mol. The molecule has 8 nitrogen and oxygen atoms in total. The van der Waals surface area contributed by atoms with Gasteiger partial charge in [-0.15, -0.1) is 6.58 Å². The van der Waals surface area contributed by atoms with Crippen LogP contribution in [0.15, 0.2) is 46.3 Å². The van der Waals surface area contributed by atoms with E-state index in [9.17, 15) is 13.2 Å². The molecule has 0 radical (unpaired) electrons. The first kappa shape index (κ1) is 20.2. The maximum atomic E-state index is 12.6. The number of nitrogens with one attached hydrogen (secondary N) is 2. The van der Waals surface area contributed by atoms with E-state index in [1.807, 2.05) is 13.8 Å².